The Hall–Kier alpha value is -2.86. The van der Waals surface area contributed by atoms with Crippen LogP contribution in [0.1, 0.15) is 31.0 Å². The Bertz CT molecular complexity index is 866. The second kappa shape index (κ2) is 7.40. The lowest BCUT2D eigenvalue weighted by Crippen LogP contribution is -2.43. The van der Waals surface area contributed by atoms with E-state index in [2.05, 4.69) is 10.6 Å². The number of imide groups is 1. The molecule has 0 spiro atoms. The molecule has 1 heterocycles. The molecule has 0 radical (unpaired) electrons. The Kier molecular flexibility index (Phi) is 5.19. The van der Waals surface area contributed by atoms with Crippen molar-refractivity contribution in [3.05, 3.63) is 70.7 Å². The van der Waals surface area contributed by atoms with Gasteiger partial charge in [0.1, 0.15) is 12.1 Å². The number of nitrogens with one attached hydrogen (secondary N) is 2. The van der Waals surface area contributed by atoms with Crippen molar-refractivity contribution in [1.29, 1.82) is 0 Å². The van der Waals surface area contributed by atoms with Crippen LogP contribution in [0, 0.1) is 0 Å². The molecule has 0 aromatic heterocycles. The van der Waals surface area contributed by atoms with Crippen molar-refractivity contribution in [2.24, 2.45) is 0 Å². The standard InChI is InChI=1S/C20H20ClN3O3/c1-20(2)18(26)24(19(27)23-20)12-16(25)22-17(13-6-4-3-5-7-13)14-8-10-15(21)11-9-14/h3-11,17H,12H2,1-2H3,(H,22,25)(H,23,27)/t17-/m0/s1. The minimum Gasteiger partial charge on any atom is -0.344 e. The van der Waals surface area contributed by atoms with Gasteiger partial charge in [0.15, 0.2) is 0 Å². The zero-order valence-corrected chi connectivity index (χ0v) is 15.8. The maximum atomic E-state index is 12.6. The van der Waals surface area contributed by atoms with Gasteiger partial charge < -0.3 is 10.6 Å². The van der Waals surface area contributed by atoms with Gasteiger partial charge in [0, 0.05) is 5.02 Å². The third-order valence-electron chi connectivity index (χ3n) is 4.39. The number of halogens is 1. The molecule has 2 aromatic carbocycles. The van der Waals surface area contributed by atoms with E-state index in [0.717, 1.165) is 16.0 Å². The number of urea groups is 1. The molecule has 0 unspecified atom stereocenters. The number of nitrogens with zero attached hydrogens (tertiary/aromatic N) is 1. The van der Waals surface area contributed by atoms with E-state index in [0.29, 0.717) is 5.02 Å². The Labute approximate surface area is 162 Å². The Morgan fingerprint density at radius 2 is 1.67 bits per heavy atom. The van der Waals surface area contributed by atoms with Crippen LogP contribution in [0.2, 0.25) is 5.02 Å². The molecule has 1 atom stereocenters. The first-order valence-corrected chi connectivity index (χ1v) is 8.89. The fourth-order valence-electron chi connectivity index (χ4n) is 2.97. The van der Waals surface area contributed by atoms with Gasteiger partial charge >= 0.3 is 6.03 Å². The van der Waals surface area contributed by atoms with Crippen molar-refractivity contribution in [1.82, 2.24) is 15.5 Å². The number of benzene rings is 2. The van der Waals surface area contributed by atoms with E-state index in [1.54, 1.807) is 26.0 Å². The predicted octanol–water partition coefficient (Wildman–Crippen LogP) is 2.88. The first-order valence-electron chi connectivity index (χ1n) is 8.52. The summed E-state index contributed by atoms with van der Waals surface area (Å²) in [4.78, 5) is 37.8. The molecule has 2 N–H and O–H groups in total. The van der Waals surface area contributed by atoms with Gasteiger partial charge in [-0.1, -0.05) is 54.1 Å². The highest BCUT2D eigenvalue weighted by Gasteiger charge is 2.44. The van der Waals surface area contributed by atoms with Crippen molar-refractivity contribution in [2.45, 2.75) is 25.4 Å². The largest absolute Gasteiger partial charge is 0.344 e. The Morgan fingerprint density at radius 1 is 1.07 bits per heavy atom. The van der Waals surface area contributed by atoms with Gasteiger partial charge in [0.05, 0.1) is 6.04 Å². The lowest BCUT2D eigenvalue weighted by molar-refractivity contribution is -0.134. The highest BCUT2D eigenvalue weighted by atomic mass is 35.5. The Balaban J connectivity index is 1.80. The van der Waals surface area contributed by atoms with Crippen LogP contribution in [0.15, 0.2) is 54.6 Å². The van der Waals surface area contributed by atoms with E-state index in [9.17, 15) is 14.4 Å². The monoisotopic (exact) mass is 385 g/mol. The first-order chi connectivity index (χ1) is 12.8. The fraction of sp³-hybridized carbons (Fsp3) is 0.250. The molecule has 0 saturated carbocycles. The molecule has 1 aliphatic heterocycles. The van der Waals surface area contributed by atoms with Crippen LogP contribution in [0.3, 0.4) is 0 Å². The maximum absolute atomic E-state index is 12.6. The third kappa shape index (κ3) is 4.11. The van der Waals surface area contributed by atoms with Gasteiger partial charge in [0.2, 0.25) is 5.91 Å². The van der Waals surface area contributed by atoms with Crippen molar-refractivity contribution < 1.29 is 14.4 Å². The number of rotatable bonds is 5. The normalized spacial score (nSPS) is 16.8. The Morgan fingerprint density at radius 3 is 2.22 bits per heavy atom. The summed E-state index contributed by atoms with van der Waals surface area (Å²) in [7, 11) is 0. The predicted molar refractivity (Wildman–Crippen MR) is 102 cm³/mol. The maximum Gasteiger partial charge on any atom is 0.325 e. The second-order valence-electron chi connectivity index (χ2n) is 6.91. The quantitative estimate of drug-likeness (QED) is 0.777. The molecule has 4 amide bonds. The SMILES string of the molecule is CC1(C)NC(=O)N(CC(=O)N[C@@H](c2ccccc2)c2ccc(Cl)cc2)C1=O. The van der Waals surface area contributed by atoms with Crippen LogP contribution in [-0.2, 0) is 9.59 Å². The molecule has 2 aromatic rings. The van der Waals surface area contributed by atoms with Crippen LogP contribution in [0.5, 0.6) is 0 Å². The molecule has 0 bridgehead atoms. The first kappa shape index (κ1) is 18.9. The van der Waals surface area contributed by atoms with Crippen molar-refractivity contribution in [3.8, 4) is 0 Å². The smallest absolute Gasteiger partial charge is 0.325 e. The fourth-order valence-corrected chi connectivity index (χ4v) is 3.10. The number of carbonyl (C=O) groups is 3. The summed E-state index contributed by atoms with van der Waals surface area (Å²) in [5.41, 5.74) is 0.717. The molecule has 7 heteroatoms. The molecule has 6 nitrogen and oxygen atoms in total. The van der Waals surface area contributed by atoms with Crippen LogP contribution in [-0.4, -0.2) is 34.8 Å². The van der Waals surface area contributed by atoms with E-state index in [-0.39, 0.29) is 6.54 Å². The summed E-state index contributed by atoms with van der Waals surface area (Å²) in [6.45, 7) is 2.86. The second-order valence-corrected chi connectivity index (χ2v) is 7.35. The highest BCUT2D eigenvalue weighted by molar-refractivity contribution is 6.30. The summed E-state index contributed by atoms with van der Waals surface area (Å²) in [6, 6.07) is 15.6. The van der Waals surface area contributed by atoms with Crippen molar-refractivity contribution in [2.75, 3.05) is 6.54 Å². The van der Waals surface area contributed by atoms with E-state index < -0.39 is 29.4 Å². The van der Waals surface area contributed by atoms with Crippen LogP contribution in [0.4, 0.5) is 4.79 Å². The summed E-state index contributed by atoms with van der Waals surface area (Å²) >= 11 is 5.96. The van der Waals surface area contributed by atoms with Crippen molar-refractivity contribution >= 4 is 29.4 Å². The van der Waals surface area contributed by atoms with Crippen LogP contribution < -0.4 is 10.6 Å². The lowest BCUT2D eigenvalue weighted by Gasteiger charge is -2.22. The number of hydrogen-bond donors (Lipinski definition) is 2. The van der Waals surface area contributed by atoms with Gasteiger partial charge in [-0.15, -0.1) is 0 Å². The zero-order chi connectivity index (χ0) is 19.6. The van der Waals surface area contributed by atoms with Gasteiger partial charge in [-0.3, -0.25) is 14.5 Å². The molecule has 27 heavy (non-hydrogen) atoms. The van der Waals surface area contributed by atoms with Gasteiger partial charge in [-0.05, 0) is 37.1 Å². The summed E-state index contributed by atoms with van der Waals surface area (Å²) in [5, 5.41) is 6.07. The molecule has 3 rings (SSSR count). The van der Waals surface area contributed by atoms with E-state index in [4.69, 9.17) is 11.6 Å². The third-order valence-corrected chi connectivity index (χ3v) is 4.64. The average Bonchev–Trinajstić information content (AvgIpc) is 2.83. The van der Waals surface area contributed by atoms with E-state index >= 15 is 0 Å². The topological polar surface area (TPSA) is 78.5 Å². The van der Waals surface area contributed by atoms with E-state index in [1.807, 2.05) is 42.5 Å². The van der Waals surface area contributed by atoms with Gasteiger partial charge in [-0.25, -0.2) is 4.79 Å². The molecule has 1 saturated heterocycles. The number of amides is 4. The van der Waals surface area contributed by atoms with Gasteiger partial charge in [-0.2, -0.15) is 0 Å². The number of carbonyl (C=O) groups excluding carboxylic acids is 3. The molecular weight excluding hydrogens is 366 g/mol. The lowest BCUT2D eigenvalue weighted by atomic mass is 9.98. The molecular formula is C20H20ClN3O3. The minimum atomic E-state index is -1.01. The van der Waals surface area contributed by atoms with E-state index in [1.165, 1.54) is 0 Å². The molecule has 1 aliphatic rings. The van der Waals surface area contributed by atoms with Gasteiger partial charge in [0.25, 0.3) is 5.91 Å². The summed E-state index contributed by atoms with van der Waals surface area (Å²) < 4.78 is 0. The van der Waals surface area contributed by atoms with Crippen LogP contribution >= 0.6 is 11.6 Å². The zero-order valence-electron chi connectivity index (χ0n) is 15.0. The summed E-state index contributed by atoms with van der Waals surface area (Å²) in [6.07, 6.45) is 0. The molecule has 0 aliphatic carbocycles. The summed E-state index contributed by atoms with van der Waals surface area (Å²) in [5.74, 6) is -0.856. The highest BCUT2D eigenvalue weighted by Crippen LogP contribution is 2.24. The van der Waals surface area contributed by atoms with Crippen LogP contribution in [0.25, 0.3) is 0 Å². The molecule has 1 fully saturated rings. The minimum absolute atomic E-state index is 0.342. The van der Waals surface area contributed by atoms with Crippen molar-refractivity contribution in [3.63, 3.8) is 0 Å². The number of hydrogen-bond acceptors (Lipinski definition) is 3. The average molecular weight is 386 g/mol. The molecule has 140 valence electrons.